The van der Waals surface area contributed by atoms with Gasteiger partial charge in [0.1, 0.15) is 17.6 Å². The van der Waals surface area contributed by atoms with E-state index in [9.17, 15) is 18.8 Å². The number of carbonyl (C=O) groups is 3. The van der Waals surface area contributed by atoms with Crippen LogP contribution in [0, 0.1) is 5.82 Å². The average Bonchev–Trinajstić information content (AvgIpc) is 3.31. The first-order valence-corrected chi connectivity index (χ1v) is 10.7. The fourth-order valence-corrected chi connectivity index (χ4v) is 3.83. The van der Waals surface area contributed by atoms with Crippen molar-refractivity contribution in [3.8, 4) is 0 Å². The number of nitrogens with two attached hydrogens (primary N) is 1. The predicted molar refractivity (Wildman–Crippen MR) is 123 cm³/mol. The number of hydrogen-bond acceptors (Lipinski definition) is 8. The van der Waals surface area contributed by atoms with Gasteiger partial charge in [0.15, 0.2) is 0 Å². The van der Waals surface area contributed by atoms with Crippen LogP contribution in [-0.4, -0.2) is 63.0 Å². The Morgan fingerprint density at radius 3 is 2.44 bits per heavy atom. The lowest BCUT2D eigenvalue weighted by molar-refractivity contribution is -0.119. The average molecular weight is 469 g/mol. The first kappa shape index (κ1) is 23.2. The minimum absolute atomic E-state index is 0.0428. The Kier molecular flexibility index (Phi) is 6.73. The second-order valence-corrected chi connectivity index (χ2v) is 7.76. The van der Waals surface area contributed by atoms with Crippen LogP contribution in [0.15, 0.2) is 47.6 Å². The zero-order valence-electron chi connectivity index (χ0n) is 18.5. The van der Waals surface area contributed by atoms with Crippen LogP contribution in [0.1, 0.15) is 16.8 Å². The fraction of sp³-hybridized carbons (Fsp3) is 0.304. The standard InChI is InChI=1S/C23H24FN5O5/c1-33-23(32)17-12-16(28-8-10-34-11-9-28)6-7-18(17)26-22(31)19-13-20(21(25)30)29(27-19)15-4-2-14(24)3-5-15/h2-7,12,20H,8-11,13H2,1H3,(H2,25,30)(H,26,31). The second kappa shape index (κ2) is 9.87. The Balaban J connectivity index is 1.58. The van der Waals surface area contributed by atoms with Crippen molar-refractivity contribution in [3.63, 3.8) is 0 Å². The van der Waals surface area contributed by atoms with Crippen molar-refractivity contribution in [2.45, 2.75) is 12.5 Å². The largest absolute Gasteiger partial charge is 0.465 e. The van der Waals surface area contributed by atoms with Gasteiger partial charge >= 0.3 is 5.97 Å². The molecular weight excluding hydrogens is 445 g/mol. The van der Waals surface area contributed by atoms with Crippen LogP contribution < -0.4 is 21.0 Å². The summed E-state index contributed by atoms with van der Waals surface area (Å²) in [4.78, 5) is 39.5. The molecule has 34 heavy (non-hydrogen) atoms. The third-order valence-electron chi connectivity index (χ3n) is 5.62. The van der Waals surface area contributed by atoms with Crippen LogP contribution in [0.5, 0.6) is 0 Å². The van der Waals surface area contributed by atoms with Crippen LogP contribution >= 0.6 is 0 Å². The fourth-order valence-electron chi connectivity index (χ4n) is 3.83. The minimum Gasteiger partial charge on any atom is -0.465 e. The van der Waals surface area contributed by atoms with Crippen molar-refractivity contribution in [1.82, 2.24) is 0 Å². The number of rotatable bonds is 6. The Morgan fingerprint density at radius 2 is 1.79 bits per heavy atom. The van der Waals surface area contributed by atoms with Gasteiger partial charge in [0.2, 0.25) is 5.91 Å². The number of hydrazone groups is 1. The normalized spacial score (nSPS) is 17.8. The van der Waals surface area contributed by atoms with Crippen molar-refractivity contribution in [3.05, 3.63) is 53.8 Å². The van der Waals surface area contributed by atoms with Gasteiger partial charge in [-0.25, -0.2) is 9.18 Å². The van der Waals surface area contributed by atoms with Gasteiger partial charge in [0.05, 0.1) is 37.3 Å². The van der Waals surface area contributed by atoms with E-state index in [0.717, 1.165) is 5.69 Å². The van der Waals surface area contributed by atoms with E-state index in [0.29, 0.717) is 32.0 Å². The molecule has 2 aliphatic heterocycles. The molecule has 0 bridgehead atoms. The second-order valence-electron chi connectivity index (χ2n) is 7.76. The van der Waals surface area contributed by atoms with E-state index in [1.54, 1.807) is 18.2 Å². The van der Waals surface area contributed by atoms with Crippen LogP contribution in [-0.2, 0) is 19.1 Å². The van der Waals surface area contributed by atoms with Crippen molar-refractivity contribution in [1.29, 1.82) is 0 Å². The van der Waals surface area contributed by atoms with E-state index < -0.39 is 29.6 Å². The number of methoxy groups -OCH3 is 1. The number of esters is 1. The molecule has 2 amide bonds. The molecule has 0 saturated carbocycles. The number of halogens is 1. The zero-order valence-corrected chi connectivity index (χ0v) is 18.5. The molecule has 4 rings (SSSR count). The highest BCUT2D eigenvalue weighted by atomic mass is 19.1. The summed E-state index contributed by atoms with van der Waals surface area (Å²) in [5.74, 6) is -2.33. The van der Waals surface area contributed by atoms with E-state index in [1.165, 1.54) is 36.4 Å². The van der Waals surface area contributed by atoms with Crippen LogP contribution in [0.4, 0.5) is 21.5 Å². The van der Waals surface area contributed by atoms with Gasteiger partial charge in [-0.15, -0.1) is 0 Å². The molecule has 1 fully saturated rings. The summed E-state index contributed by atoms with van der Waals surface area (Å²) in [6, 6.07) is 9.48. The van der Waals surface area contributed by atoms with Crippen molar-refractivity contribution in [2.75, 3.05) is 48.6 Å². The molecule has 0 aromatic heterocycles. The number of anilines is 3. The van der Waals surface area contributed by atoms with E-state index in [2.05, 4.69) is 15.3 Å². The molecule has 3 N–H and O–H groups in total. The Labute approximate surface area is 195 Å². The van der Waals surface area contributed by atoms with Gasteiger partial charge in [-0.3, -0.25) is 14.6 Å². The Bertz CT molecular complexity index is 1130. The molecule has 11 heteroatoms. The number of nitrogens with one attached hydrogen (secondary N) is 1. The number of carbonyl (C=O) groups excluding carboxylic acids is 3. The molecule has 2 aromatic carbocycles. The Hall–Kier alpha value is -3.99. The first-order chi connectivity index (χ1) is 16.4. The number of amides is 2. The molecule has 1 saturated heterocycles. The van der Waals surface area contributed by atoms with Crippen LogP contribution in [0.3, 0.4) is 0 Å². The van der Waals surface area contributed by atoms with Gasteiger partial charge in [0.25, 0.3) is 5.91 Å². The summed E-state index contributed by atoms with van der Waals surface area (Å²) < 4.78 is 23.6. The molecule has 2 heterocycles. The third kappa shape index (κ3) is 4.84. The molecule has 178 valence electrons. The molecule has 0 spiro atoms. The maximum atomic E-state index is 13.3. The maximum absolute atomic E-state index is 13.3. The smallest absolute Gasteiger partial charge is 0.340 e. The SMILES string of the molecule is COC(=O)c1cc(N2CCOCC2)ccc1NC(=O)C1=NN(c2ccc(F)cc2)C(C(N)=O)C1. The summed E-state index contributed by atoms with van der Waals surface area (Å²) in [6.07, 6.45) is -0.0437. The van der Waals surface area contributed by atoms with Gasteiger partial charge in [-0.2, -0.15) is 5.10 Å². The monoisotopic (exact) mass is 469 g/mol. The topological polar surface area (TPSA) is 127 Å². The van der Waals surface area contributed by atoms with Crippen LogP contribution in [0.2, 0.25) is 0 Å². The molecule has 1 atom stereocenters. The van der Waals surface area contributed by atoms with Gasteiger partial charge in [-0.1, -0.05) is 0 Å². The molecule has 0 radical (unpaired) electrons. The van der Waals surface area contributed by atoms with E-state index >= 15 is 0 Å². The van der Waals surface area contributed by atoms with Gasteiger partial charge in [-0.05, 0) is 42.5 Å². The predicted octanol–water partition coefficient (Wildman–Crippen LogP) is 1.51. The van der Waals surface area contributed by atoms with Gasteiger partial charge < -0.3 is 25.4 Å². The zero-order chi connectivity index (χ0) is 24.2. The molecule has 10 nitrogen and oxygen atoms in total. The quantitative estimate of drug-likeness (QED) is 0.614. The van der Waals surface area contributed by atoms with Crippen LogP contribution in [0.25, 0.3) is 0 Å². The Morgan fingerprint density at radius 1 is 1.12 bits per heavy atom. The number of nitrogens with zero attached hydrogens (tertiary/aromatic N) is 3. The summed E-state index contributed by atoms with van der Waals surface area (Å²) in [7, 11) is 1.26. The minimum atomic E-state index is -0.907. The van der Waals surface area contributed by atoms with E-state index in [1.807, 2.05) is 0 Å². The molecular formula is C23H24FN5O5. The highest BCUT2D eigenvalue weighted by Crippen LogP contribution is 2.28. The maximum Gasteiger partial charge on any atom is 0.340 e. The number of benzene rings is 2. The number of primary amides is 1. The molecule has 2 aromatic rings. The molecule has 0 aliphatic carbocycles. The highest BCUT2D eigenvalue weighted by Gasteiger charge is 2.35. The van der Waals surface area contributed by atoms with E-state index in [-0.39, 0.29) is 23.4 Å². The number of morpholine rings is 1. The summed E-state index contributed by atoms with van der Waals surface area (Å²) in [5, 5.41) is 8.23. The molecule has 2 aliphatic rings. The van der Waals surface area contributed by atoms with E-state index in [4.69, 9.17) is 15.2 Å². The molecule has 1 unspecified atom stereocenters. The lowest BCUT2D eigenvalue weighted by Gasteiger charge is -2.29. The summed E-state index contributed by atoms with van der Waals surface area (Å²) in [5.41, 5.74) is 7.19. The highest BCUT2D eigenvalue weighted by molar-refractivity contribution is 6.44. The lowest BCUT2D eigenvalue weighted by atomic mass is 10.1. The number of ether oxygens (including phenoxy) is 2. The number of hydrogen-bond donors (Lipinski definition) is 2. The summed E-state index contributed by atoms with van der Waals surface area (Å²) >= 11 is 0. The van der Waals surface area contributed by atoms with Crippen molar-refractivity contribution >= 4 is 40.6 Å². The summed E-state index contributed by atoms with van der Waals surface area (Å²) in [6.45, 7) is 2.52. The first-order valence-electron chi connectivity index (χ1n) is 10.7. The van der Waals surface area contributed by atoms with Crippen molar-refractivity contribution in [2.24, 2.45) is 10.8 Å². The third-order valence-corrected chi connectivity index (χ3v) is 5.62. The lowest BCUT2D eigenvalue weighted by Crippen LogP contribution is -2.39. The van der Waals surface area contributed by atoms with Gasteiger partial charge in [0, 0.05) is 25.2 Å². The van der Waals surface area contributed by atoms with Crippen molar-refractivity contribution < 1.29 is 28.2 Å².